The molecule has 0 aromatic heterocycles. The lowest BCUT2D eigenvalue weighted by Crippen LogP contribution is -2.37. The summed E-state index contributed by atoms with van der Waals surface area (Å²) in [7, 11) is 0. The summed E-state index contributed by atoms with van der Waals surface area (Å²) in [5, 5.41) is 0. The van der Waals surface area contributed by atoms with Gasteiger partial charge in [-0.25, -0.2) is 0 Å². The topological polar surface area (TPSA) is 35.5 Å². The fourth-order valence-electron chi connectivity index (χ4n) is 2.09. The summed E-state index contributed by atoms with van der Waals surface area (Å²) in [5.41, 5.74) is 0. The van der Waals surface area contributed by atoms with E-state index in [9.17, 15) is 4.79 Å². The van der Waals surface area contributed by atoms with Crippen molar-refractivity contribution >= 4 is 5.97 Å². The quantitative estimate of drug-likeness (QED) is 0.615. The third-order valence-electron chi connectivity index (χ3n) is 2.73. The van der Waals surface area contributed by atoms with Crippen molar-refractivity contribution in [3.8, 4) is 0 Å². The smallest absolute Gasteiger partial charge is 0.311 e. The van der Waals surface area contributed by atoms with Crippen LogP contribution in [0, 0.1) is 17.8 Å². The van der Waals surface area contributed by atoms with Crippen LogP contribution in [0.1, 0.15) is 48.0 Å². The average molecular weight is 244 g/mol. The van der Waals surface area contributed by atoms with Gasteiger partial charge in [-0.05, 0) is 32.1 Å². The van der Waals surface area contributed by atoms with Crippen molar-refractivity contribution < 1.29 is 14.3 Å². The maximum Gasteiger partial charge on any atom is 0.311 e. The molecule has 0 aliphatic rings. The van der Waals surface area contributed by atoms with Gasteiger partial charge < -0.3 is 9.47 Å². The fraction of sp³-hybridized carbons (Fsp3) is 0.929. The first-order valence-electron chi connectivity index (χ1n) is 6.72. The lowest BCUT2D eigenvalue weighted by atomic mass is 9.86. The van der Waals surface area contributed by atoms with Gasteiger partial charge in [-0.3, -0.25) is 4.79 Å². The summed E-state index contributed by atoms with van der Waals surface area (Å²) in [5.74, 6) is 0.525. The zero-order valence-electron chi connectivity index (χ0n) is 12.2. The first kappa shape index (κ1) is 16.4. The van der Waals surface area contributed by atoms with E-state index in [2.05, 4.69) is 27.7 Å². The molecule has 0 N–H and O–H groups in total. The Morgan fingerprint density at radius 3 is 2.00 bits per heavy atom. The highest BCUT2D eigenvalue weighted by Gasteiger charge is 2.32. The van der Waals surface area contributed by atoms with Gasteiger partial charge in [0.2, 0.25) is 0 Å². The Morgan fingerprint density at radius 1 is 1.06 bits per heavy atom. The number of esters is 1. The number of ether oxygens (including phenoxy) is 2. The Labute approximate surface area is 106 Å². The average Bonchev–Trinajstić information content (AvgIpc) is 2.22. The molecule has 0 heterocycles. The van der Waals surface area contributed by atoms with E-state index in [1.54, 1.807) is 0 Å². The van der Waals surface area contributed by atoms with Crippen LogP contribution < -0.4 is 0 Å². The van der Waals surface area contributed by atoms with Crippen molar-refractivity contribution in [1.82, 2.24) is 0 Å². The van der Waals surface area contributed by atoms with Gasteiger partial charge >= 0.3 is 5.97 Å². The number of hydrogen-bond acceptors (Lipinski definition) is 3. The summed E-state index contributed by atoms with van der Waals surface area (Å²) in [6.45, 7) is 13.3. The molecule has 0 saturated heterocycles. The number of carbonyl (C=O) groups excluding carboxylic acids is 1. The summed E-state index contributed by atoms with van der Waals surface area (Å²) in [6.07, 6.45) is 0.781. The Kier molecular flexibility index (Phi) is 8.23. The minimum absolute atomic E-state index is 0.0403. The maximum absolute atomic E-state index is 12.0. The van der Waals surface area contributed by atoms with E-state index in [0.29, 0.717) is 25.0 Å². The van der Waals surface area contributed by atoms with Gasteiger partial charge in [0.05, 0.1) is 18.6 Å². The fourth-order valence-corrected chi connectivity index (χ4v) is 2.09. The second-order valence-corrected chi connectivity index (χ2v) is 5.15. The van der Waals surface area contributed by atoms with Crippen molar-refractivity contribution in [3.63, 3.8) is 0 Å². The van der Waals surface area contributed by atoms with Crippen LogP contribution in [-0.4, -0.2) is 25.3 Å². The second kappa shape index (κ2) is 8.51. The van der Waals surface area contributed by atoms with Crippen molar-refractivity contribution in [1.29, 1.82) is 0 Å². The molecule has 0 aromatic rings. The molecule has 17 heavy (non-hydrogen) atoms. The minimum atomic E-state index is -0.144. The van der Waals surface area contributed by atoms with Gasteiger partial charge in [-0.1, -0.05) is 27.7 Å². The van der Waals surface area contributed by atoms with Gasteiger partial charge in [0.25, 0.3) is 0 Å². The third kappa shape index (κ3) is 6.06. The van der Waals surface area contributed by atoms with Crippen LogP contribution in [0.15, 0.2) is 0 Å². The third-order valence-corrected chi connectivity index (χ3v) is 2.73. The lowest BCUT2D eigenvalue weighted by molar-refractivity contribution is -0.156. The minimum Gasteiger partial charge on any atom is -0.466 e. The molecule has 0 aliphatic heterocycles. The Bertz CT molecular complexity index is 212. The van der Waals surface area contributed by atoms with E-state index in [0.717, 1.165) is 6.42 Å². The molecule has 2 atom stereocenters. The van der Waals surface area contributed by atoms with Crippen LogP contribution >= 0.6 is 0 Å². The molecular formula is C14H28O3. The van der Waals surface area contributed by atoms with Gasteiger partial charge in [0, 0.05) is 6.61 Å². The zero-order valence-corrected chi connectivity index (χ0v) is 12.2. The molecule has 0 fully saturated rings. The molecule has 0 spiro atoms. The maximum atomic E-state index is 12.0. The summed E-state index contributed by atoms with van der Waals surface area (Å²) in [4.78, 5) is 12.0. The van der Waals surface area contributed by atoms with Gasteiger partial charge in [0.1, 0.15) is 0 Å². The highest BCUT2D eigenvalue weighted by molar-refractivity contribution is 5.73. The monoisotopic (exact) mass is 244 g/mol. The summed E-state index contributed by atoms with van der Waals surface area (Å²) < 4.78 is 10.9. The van der Waals surface area contributed by atoms with Crippen LogP contribution in [0.2, 0.25) is 0 Å². The van der Waals surface area contributed by atoms with Crippen LogP contribution in [-0.2, 0) is 14.3 Å². The first-order chi connectivity index (χ1) is 7.93. The van der Waals surface area contributed by atoms with E-state index in [1.807, 2.05) is 13.8 Å². The van der Waals surface area contributed by atoms with E-state index >= 15 is 0 Å². The SMILES string of the molecule is CCOC(=O)C(CC(C)C)C(OCC)C(C)C. The standard InChI is InChI=1S/C14H28O3/c1-7-16-13(11(5)6)12(9-10(3)4)14(15)17-8-2/h10-13H,7-9H2,1-6H3. The van der Waals surface area contributed by atoms with E-state index < -0.39 is 0 Å². The zero-order chi connectivity index (χ0) is 13.4. The van der Waals surface area contributed by atoms with Crippen LogP contribution in [0.25, 0.3) is 0 Å². The van der Waals surface area contributed by atoms with Crippen molar-refractivity contribution in [3.05, 3.63) is 0 Å². The van der Waals surface area contributed by atoms with Crippen molar-refractivity contribution in [2.75, 3.05) is 13.2 Å². The highest BCUT2D eigenvalue weighted by atomic mass is 16.5. The predicted octanol–water partition coefficient (Wildman–Crippen LogP) is 3.27. The lowest BCUT2D eigenvalue weighted by Gasteiger charge is -2.29. The van der Waals surface area contributed by atoms with Crippen LogP contribution in [0.4, 0.5) is 0 Å². The normalized spacial score (nSPS) is 15.1. The molecule has 0 bridgehead atoms. The largest absolute Gasteiger partial charge is 0.466 e. The van der Waals surface area contributed by atoms with E-state index in [4.69, 9.17) is 9.47 Å². The van der Waals surface area contributed by atoms with E-state index in [-0.39, 0.29) is 18.0 Å². The van der Waals surface area contributed by atoms with Crippen LogP contribution in [0.5, 0.6) is 0 Å². The van der Waals surface area contributed by atoms with E-state index in [1.165, 1.54) is 0 Å². The number of rotatable bonds is 8. The number of hydrogen-bond donors (Lipinski definition) is 0. The molecule has 0 aliphatic carbocycles. The molecular weight excluding hydrogens is 216 g/mol. The predicted molar refractivity (Wildman–Crippen MR) is 69.8 cm³/mol. The van der Waals surface area contributed by atoms with Gasteiger partial charge in [-0.2, -0.15) is 0 Å². The molecule has 3 heteroatoms. The molecule has 2 unspecified atom stereocenters. The molecule has 3 nitrogen and oxygen atoms in total. The Morgan fingerprint density at radius 2 is 1.65 bits per heavy atom. The molecule has 0 radical (unpaired) electrons. The Hall–Kier alpha value is -0.570. The second-order valence-electron chi connectivity index (χ2n) is 5.15. The van der Waals surface area contributed by atoms with Gasteiger partial charge in [-0.15, -0.1) is 0 Å². The van der Waals surface area contributed by atoms with Crippen LogP contribution in [0.3, 0.4) is 0 Å². The first-order valence-corrected chi connectivity index (χ1v) is 6.72. The van der Waals surface area contributed by atoms with Crippen molar-refractivity contribution in [2.24, 2.45) is 17.8 Å². The number of carbonyl (C=O) groups is 1. The molecule has 0 rings (SSSR count). The Balaban J connectivity index is 4.77. The van der Waals surface area contributed by atoms with Crippen molar-refractivity contribution in [2.45, 2.75) is 54.1 Å². The molecule has 0 aromatic carbocycles. The highest BCUT2D eigenvalue weighted by Crippen LogP contribution is 2.25. The molecule has 0 saturated carbocycles. The summed E-state index contributed by atoms with van der Waals surface area (Å²) >= 11 is 0. The summed E-state index contributed by atoms with van der Waals surface area (Å²) in [6, 6.07) is 0. The van der Waals surface area contributed by atoms with Gasteiger partial charge in [0.15, 0.2) is 0 Å². The molecule has 102 valence electrons. The molecule has 0 amide bonds.